The first-order valence-electron chi connectivity index (χ1n) is 17.5. The maximum Gasteiger partial charge on any atom is 0.408 e. The molecule has 1 heterocycles. The highest BCUT2D eigenvalue weighted by molar-refractivity contribution is 5.92. The zero-order valence-electron chi connectivity index (χ0n) is 29.8. The van der Waals surface area contributed by atoms with Crippen LogP contribution in [0.4, 0.5) is 10.5 Å². The predicted molar refractivity (Wildman–Crippen MR) is 200 cm³/mol. The lowest BCUT2D eigenvalue weighted by atomic mass is 9.93. The molecule has 11 heteroatoms. The molecule has 0 fully saturated rings. The Kier molecular flexibility index (Phi) is 12.9. The number of fused-ring (bicyclic) bond motifs is 1. The number of carbonyl (C=O) groups excluding carboxylic acids is 4. The van der Waals surface area contributed by atoms with Crippen LogP contribution in [0.15, 0.2) is 109 Å². The summed E-state index contributed by atoms with van der Waals surface area (Å²) in [5, 5.41) is 14.4. The van der Waals surface area contributed by atoms with Gasteiger partial charge in [0, 0.05) is 31.1 Å². The molecule has 1 aliphatic heterocycles. The van der Waals surface area contributed by atoms with E-state index in [2.05, 4.69) is 26.6 Å². The highest BCUT2D eigenvalue weighted by atomic mass is 16.6. The van der Waals surface area contributed by atoms with Gasteiger partial charge in [0.15, 0.2) is 0 Å². The van der Waals surface area contributed by atoms with Crippen LogP contribution < -0.4 is 31.3 Å². The van der Waals surface area contributed by atoms with Gasteiger partial charge in [0.05, 0.1) is 6.54 Å². The fourth-order valence-electron chi connectivity index (χ4n) is 5.89. The van der Waals surface area contributed by atoms with E-state index in [1.807, 2.05) is 97.1 Å². The fourth-order valence-corrected chi connectivity index (χ4v) is 5.89. The van der Waals surface area contributed by atoms with Gasteiger partial charge in [-0.05, 0) is 67.6 Å². The SMILES string of the molecule is CC(C)(C)OC(=O)N[C@@H](Cc1ccc(OCc2ccccc2)cc1)C(=O)NCC(=O)N[C@@H](CC1CNc2ccccc21)C(=O)NCc1ccccc1. The lowest BCUT2D eigenvalue weighted by Crippen LogP contribution is -2.53. The van der Waals surface area contributed by atoms with E-state index < -0.39 is 42.1 Å². The number of anilines is 1. The Balaban J connectivity index is 1.21. The summed E-state index contributed by atoms with van der Waals surface area (Å²) in [7, 11) is 0. The van der Waals surface area contributed by atoms with Crippen LogP contribution in [0.1, 0.15) is 55.4 Å². The molecule has 0 radical (unpaired) electrons. The molecule has 1 aliphatic rings. The maximum absolute atomic E-state index is 13.5. The van der Waals surface area contributed by atoms with Gasteiger partial charge in [-0.25, -0.2) is 4.79 Å². The zero-order chi connectivity index (χ0) is 36.9. The number of hydrogen-bond donors (Lipinski definition) is 5. The van der Waals surface area contributed by atoms with Crippen LogP contribution in [-0.2, 0) is 38.7 Å². The predicted octanol–water partition coefficient (Wildman–Crippen LogP) is 5.22. The van der Waals surface area contributed by atoms with Crippen LogP contribution in [0.25, 0.3) is 0 Å². The standard InChI is InChI=1S/C41H47N5O6/c1-41(2,3)52-40(50)46-35(22-28-18-20-32(21-19-28)51-27-30-14-8-5-9-15-30)38(48)44-26-37(47)45-36(39(49)43-24-29-12-6-4-7-13-29)23-31-25-42-34-17-11-10-16-33(31)34/h4-21,31,35-36,42H,22-27H2,1-3H3,(H,43,49)(H,44,48)(H,45,47)(H,46,50)/t31?,35-,36-/m0/s1. The lowest BCUT2D eigenvalue weighted by molar-refractivity contribution is -0.130. The number of alkyl carbamates (subject to hydrolysis) is 1. The van der Waals surface area contributed by atoms with Gasteiger partial charge in [0.25, 0.3) is 0 Å². The molecule has 0 spiro atoms. The molecule has 4 amide bonds. The van der Waals surface area contributed by atoms with E-state index in [0.717, 1.165) is 27.9 Å². The third-order valence-corrected chi connectivity index (χ3v) is 8.46. The highest BCUT2D eigenvalue weighted by Gasteiger charge is 2.30. The number of para-hydroxylation sites is 1. The van der Waals surface area contributed by atoms with Gasteiger partial charge in [-0.15, -0.1) is 0 Å². The topological polar surface area (TPSA) is 147 Å². The second kappa shape index (κ2) is 17.9. The summed E-state index contributed by atoms with van der Waals surface area (Å²) in [4.78, 5) is 53.0. The van der Waals surface area contributed by atoms with Crippen LogP contribution in [0.3, 0.4) is 0 Å². The van der Waals surface area contributed by atoms with E-state index in [9.17, 15) is 19.2 Å². The molecule has 4 aromatic carbocycles. The Morgan fingerprint density at radius 3 is 2.06 bits per heavy atom. The summed E-state index contributed by atoms with van der Waals surface area (Å²) in [6, 6.07) is 32.6. The molecule has 0 aromatic heterocycles. The van der Waals surface area contributed by atoms with Crippen molar-refractivity contribution in [2.75, 3.05) is 18.4 Å². The zero-order valence-corrected chi connectivity index (χ0v) is 29.8. The second-order valence-corrected chi connectivity index (χ2v) is 13.8. The van der Waals surface area contributed by atoms with E-state index in [1.165, 1.54) is 0 Å². The largest absolute Gasteiger partial charge is 0.489 e. The molecule has 5 N–H and O–H groups in total. The van der Waals surface area contributed by atoms with Crippen molar-refractivity contribution in [2.24, 2.45) is 0 Å². The average Bonchev–Trinajstić information content (AvgIpc) is 3.54. The van der Waals surface area contributed by atoms with Crippen molar-refractivity contribution in [1.82, 2.24) is 21.3 Å². The molecule has 0 saturated heterocycles. The first-order valence-corrected chi connectivity index (χ1v) is 17.5. The molecule has 0 aliphatic carbocycles. The number of benzene rings is 4. The van der Waals surface area contributed by atoms with Gasteiger partial charge < -0.3 is 36.1 Å². The van der Waals surface area contributed by atoms with Crippen LogP contribution in [0, 0.1) is 0 Å². The summed E-state index contributed by atoms with van der Waals surface area (Å²) >= 11 is 0. The molecule has 0 saturated carbocycles. The van der Waals surface area contributed by atoms with Crippen molar-refractivity contribution in [1.29, 1.82) is 0 Å². The van der Waals surface area contributed by atoms with E-state index in [-0.39, 0.29) is 18.2 Å². The van der Waals surface area contributed by atoms with Gasteiger partial charge in [0.1, 0.15) is 30.0 Å². The van der Waals surface area contributed by atoms with Crippen molar-refractivity contribution in [3.63, 3.8) is 0 Å². The molecule has 3 atom stereocenters. The Labute approximate surface area is 304 Å². The van der Waals surface area contributed by atoms with Gasteiger partial charge >= 0.3 is 6.09 Å². The first kappa shape index (κ1) is 37.4. The van der Waals surface area contributed by atoms with Crippen molar-refractivity contribution in [3.05, 3.63) is 131 Å². The summed E-state index contributed by atoms with van der Waals surface area (Å²) in [5.74, 6) is -0.790. The van der Waals surface area contributed by atoms with Crippen LogP contribution >= 0.6 is 0 Å². The molecular weight excluding hydrogens is 658 g/mol. The minimum atomic E-state index is -1.05. The van der Waals surface area contributed by atoms with Crippen LogP contribution in [0.5, 0.6) is 5.75 Å². The fraction of sp³-hybridized carbons (Fsp3) is 0.317. The maximum atomic E-state index is 13.5. The Bertz CT molecular complexity index is 1790. The number of carbonyl (C=O) groups is 4. The van der Waals surface area contributed by atoms with Crippen molar-refractivity contribution >= 4 is 29.5 Å². The van der Waals surface area contributed by atoms with Gasteiger partial charge in [-0.3, -0.25) is 14.4 Å². The summed E-state index contributed by atoms with van der Waals surface area (Å²) in [6.07, 6.45) is -0.275. The first-order chi connectivity index (χ1) is 25.0. The van der Waals surface area contributed by atoms with Crippen molar-refractivity contribution in [2.45, 2.75) is 70.4 Å². The van der Waals surface area contributed by atoms with E-state index in [4.69, 9.17) is 9.47 Å². The molecule has 4 aromatic rings. The van der Waals surface area contributed by atoms with E-state index >= 15 is 0 Å². The Morgan fingerprint density at radius 2 is 1.37 bits per heavy atom. The molecule has 5 rings (SSSR count). The molecular formula is C41H47N5O6. The van der Waals surface area contributed by atoms with Crippen LogP contribution in [0.2, 0.25) is 0 Å². The van der Waals surface area contributed by atoms with Crippen molar-refractivity contribution in [3.8, 4) is 5.75 Å². The second-order valence-electron chi connectivity index (χ2n) is 13.8. The molecule has 52 heavy (non-hydrogen) atoms. The Hall–Kier alpha value is -5.84. The number of nitrogens with one attached hydrogen (secondary N) is 5. The van der Waals surface area contributed by atoms with Crippen molar-refractivity contribution < 1.29 is 28.7 Å². The number of hydrogen-bond acceptors (Lipinski definition) is 7. The van der Waals surface area contributed by atoms with Crippen LogP contribution in [-0.4, -0.2) is 54.6 Å². The number of ether oxygens (including phenoxy) is 2. The van der Waals surface area contributed by atoms with E-state index in [0.29, 0.717) is 31.9 Å². The Morgan fingerprint density at radius 1 is 0.731 bits per heavy atom. The minimum absolute atomic E-state index is 0.00361. The third-order valence-electron chi connectivity index (χ3n) is 8.46. The quantitative estimate of drug-likeness (QED) is 0.114. The number of amides is 4. The minimum Gasteiger partial charge on any atom is -0.489 e. The molecule has 272 valence electrons. The monoisotopic (exact) mass is 705 g/mol. The summed E-state index contributed by atoms with van der Waals surface area (Å²) in [5.41, 5.74) is 4.03. The average molecular weight is 706 g/mol. The van der Waals surface area contributed by atoms with Gasteiger partial charge in [-0.1, -0.05) is 91.0 Å². The summed E-state index contributed by atoms with van der Waals surface area (Å²) in [6.45, 7) is 6.13. The molecule has 11 nitrogen and oxygen atoms in total. The molecule has 0 bridgehead atoms. The lowest BCUT2D eigenvalue weighted by Gasteiger charge is -2.24. The highest BCUT2D eigenvalue weighted by Crippen LogP contribution is 2.34. The normalized spacial score (nSPS) is 14.5. The molecule has 1 unspecified atom stereocenters. The van der Waals surface area contributed by atoms with Gasteiger partial charge in [-0.2, -0.15) is 0 Å². The van der Waals surface area contributed by atoms with E-state index in [1.54, 1.807) is 32.9 Å². The number of rotatable bonds is 15. The summed E-state index contributed by atoms with van der Waals surface area (Å²) < 4.78 is 11.3. The van der Waals surface area contributed by atoms with Gasteiger partial charge in [0.2, 0.25) is 17.7 Å². The third kappa shape index (κ3) is 11.6. The smallest absolute Gasteiger partial charge is 0.408 e.